The molecule has 0 N–H and O–H groups in total. The van der Waals surface area contributed by atoms with Crippen LogP contribution in [0.15, 0.2) is 45.9 Å². The van der Waals surface area contributed by atoms with E-state index >= 15 is 0 Å². The Balaban J connectivity index is 1.45. The highest BCUT2D eigenvalue weighted by Crippen LogP contribution is 2.18. The largest absolute Gasteiger partial charge is 0.420 e. The first-order chi connectivity index (χ1) is 12.6. The van der Waals surface area contributed by atoms with Crippen LogP contribution in [0.4, 0.5) is 5.95 Å². The number of fused-ring (bicyclic) bond motifs is 1. The van der Waals surface area contributed by atoms with Crippen LogP contribution < -0.4 is 10.7 Å². The van der Waals surface area contributed by atoms with Crippen LogP contribution >= 0.6 is 11.6 Å². The number of piperazine rings is 1. The van der Waals surface area contributed by atoms with Crippen molar-refractivity contribution < 1.29 is 9.21 Å². The topological polar surface area (TPSA) is 84.5 Å². The smallest absolute Gasteiger partial charge is 0.408 e. The minimum atomic E-state index is -0.563. The number of benzene rings is 1. The molecule has 3 aromatic rings. The van der Waals surface area contributed by atoms with Crippen molar-refractivity contribution in [3.8, 4) is 0 Å². The maximum Gasteiger partial charge on any atom is 0.420 e. The van der Waals surface area contributed by atoms with Crippen LogP contribution in [0.3, 0.4) is 0 Å². The third kappa shape index (κ3) is 3.15. The van der Waals surface area contributed by atoms with E-state index in [1.807, 2.05) is 4.90 Å². The predicted octanol–water partition coefficient (Wildman–Crippen LogP) is 1.39. The summed E-state index contributed by atoms with van der Waals surface area (Å²) in [5.74, 6) is -0.0288. The van der Waals surface area contributed by atoms with Gasteiger partial charge in [0, 0.05) is 49.7 Å². The molecule has 4 rings (SSSR count). The fourth-order valence-electron chi connectivity index (χ4n) is 3.04. The van der Waals surface area contributed by atoms with Gasteiger partial charge in [-0.15, -0.1) is 0 Å². The van der Waals surface area contributed by atoms with Crippen molar-refractivity contribution in [3.05, 3.63) is 52.2 Å². The summed E-state index contributed by atoms with van der Waals surface area (Å²) in [7, 11) is 0. The fraction of sp³-hybridized carbons (Fsp3) is 0.294. The minimum absolute atomic E-state index is 0.0602. The zero-order valence-corrected chi connectivity index (χ0v) is 14.6. The number of carbonyl (C=O) groups is 1. The molecule has 0 atom stereocenters. The summed E-state index contributed by atoms with van der Waals surface area (Å²) in [6.07, 6.45) is 3.39. The van der Waals surface area contributed by atoms with E-state index in [1.54, 1.807) is 41.6 Å². The number of amides is 1. The second kappa shape index (κ2) is 6.80. The third-order valence-electron chi connectivity index (χ3n) is 4.39. The van der Waals surface area contributed by atoms with Crippen LogP contribution in [-0.2, 0) is 11.3 Å². The van der Waals surface area contributed by atoms with Crippen molar-refractivity contribution in [2.75, 3.05) is 31.1 Å². The molecule has 9 heteroatoms. The molecule has 8 nitrogen and oxygen atoms in total. The van der Waals surface area contributed by atoms with E-state index in [2.05, 4.69) is 9.97 Å². The molecule has 1 saturated heterocycles. The average molecular weight is 374 g/mol. The average Bonchev–Trinajstić information content (AvgIpc) is 2.97. The molecule has 1 aromatic carbocycles. The highest BCUT2D eigenvalue weighted by atomic mass is 35.5. The number of halogens is 1. The van der Waals surface area contributed by atoms with Crippen LogP contribution in [0.5, 0.6) is 0 Å². The number of oxazole rings is 1. The van der Waals surface area contributed by atoms with Crippen molar-refractivity contribution in [1.82, 2.24) is 19.4 Å². The molecule has 0 aliphatic carbocycles. The van der Waals surface area contributed by atoms with E-state index in [1.165, 1.54) is 4.57 Å². The maximum absolute atomic E-state index is 12.6. The molecular formula is C17H16ClN5O3. The van der Waals surface area contributed by atoms with Gasteiger partial charge in [-0.3, -0.25) is 9.36 Å². The van der Waals surface area contributed by atoms with Gasteiger partial charge in [0.15, 0.2) is 5.58 Å². The summed E-state index contributed by atoms with van der Waals surface area (Å²) in [4.78, 5) is 36.9. The maximum atomic E-state index is 12.6. The lowest BCUT2D eigenvalue weighted by Crippen LogP contribution is -2.50. The van der Waals surface area contributed by atoms with E-state index in [9.17, 15) is 9.59 Å². The lowest BCUT2D eigenvalue weighted by Gasteiger charge is -2.34. The first kappa shape index (κ1) is 16.6. The Morgan fingerprint density at radius 3 is 2.62 bits per heavy atom. The van der Waals surface area contributed by atoms with Crippen LogP contribution in [0.1, 0.15) is 0 Å². The summed E-state index contributed by atoms with van der Waals surface area (Å²) in [5, 5.41) is 0.476. The molecule has 0 bridgehead atoms. The van der Waals surface area contributed by atoms with E-state index in [0.717, 1.165) is 0 Å². The summed E-state index contributed by atoms with van der Waals surface area (Å²) < 4.78 is 6.50. The Kier molecular flexibility index (Phi) is 4.34. The lowest BCUT2D eigenvalue weighted by molar-refractivity contribution is -0.132. The summed E-state index contributed by atoms with van der Waals surface area (Å²) in [5.41, 5.74) is 0.936. The molecule has 1 fully saturated rings. The Bertz CT molecular complexity index is 993. The molecule has 1 aliphatic heterocycles. The fourth-order valence-corrected chi connectivity index (χ4v) is 3.20. The minimum Gasteiger partial charge on any atom is -0.408 e. The number of hydrogen-bond acceptors (Lipinski definition) is 6. The number of aromatic nitrogens is 3. The van der Waals surface area contributed by atoms with Gasteiger partial charge in [0.05, 0.1) is 5.52 Å². The highest BCUT2D eigenvalue weighted by molar-refractivity contribution is 6.31. The van der Waals surface area contributed by atoms with Crippen molar-refractivity contribution in [3.63, 3.8) is 0 Å². The van der Waals surface area contributed by atoms with Crippen molar-refractivity contribution >= 4 is 34.6 Å². The quantitative estimate of drug-likeness (QED) is 0.689. The van der Waals surface area contributed by atoms with Gasteiger partial charge in [-0.05, 0) is 18.2 Å². The predicted molar refractivity (Wildman–Crippen MR) is 96.3 cm³/mol. The van der Waals surface area contributed by atoms with Gasteiger partial charge in [-0.2, -0.15) is 0 Å². The molecule has 0 unspecified atom stereocenters. The number of anilines is 1. The Morgan fingerprint density at radius 1 is 1.15 bits per heavy atom. The zero-order valence-electron chi connectivity index (χ0n) is 13.8. The normalized spacial score (nSPS) is 14.8. The summed E-state index contributed by atoms with van der Waals surface area (Å²) in [6.45, 7) is 2.33. The number of carbonyl (C=O) groups excluding carboxylic acids is 1. The number of rotatable bonds is 3. The second-order valence-corrected chi connectivity index (χ2v) is 6.42. The molecule has 26 heavy (non-hydrogen) atoms. The van der Waals surface area contributed by atoms with Gasteiger partial charge in [-0.1, -0.05) is 11.6 Å². The number of nitrogens with zero attached hydrogens (tertiary/aromatic N) is 5. The molecule has 3 heterocycles. The van der Waals surface area contributed by atoms with Gasteiger partial charge in [0.1, 0.15) is 6.54 Å². The van der Waals surface area contributed by atoms with Crippen molar-refractivity contribution in [2.45, 2.75) is 6.54 Å². The van der Waals surface area contributed by atoms with Gasteiger partial charge < -0.3 is 14.2 Å². The summed E-state index contributed by atoms with van der Waals surface area (Å²) in [6, 6.07) is 6.68. The molecule has 0 spiro atoms. The number of hydrogen-bond donors (Lipinski definition) is 0. The van der Waals surface area contributed by atoms with Crippen LogP contribution in [0.2, 0.25) is 5.02 Å². The SMILES string of the molecule is O=C(Cn1c(=O)oc2cc(Cl)ccc21)N1CCN(c2ncccn2)CC1. The molecule has 134 valence electrons. The molecule has 1 aliphatic rings. The van der Waals surface area contributed by atoms with E-state index in [-0.39, 0.29) is 12.5 Å². The van der Waals surface area contributed by atoms with E-state index in [4.69, 9.17) is 16.0 Å². The van der Waals surface area contributed by atoms with Gasteiger partial charge >= 0.3 is 5.76 Å². The van der Waals surface area contributed by atoms with Crippen molar-refractivity contribution in [2.24, 2.45) is 0 Å². The Hall–Kier alpha value is -2.87. The lowest BCUT2D eigenvalue weighted by atomic mass is 10.3. The zero-order chi connectivity index (χ0) is 18.1. The standard InChI is InChI=1S/C17H16ClN5O3/c18-12-2-3-13-14(10-12)26-17(25)23(13)11-15(24)21-6-8-22(9-7-21)16-19-4-1-5-20-16/h1-5,10H,6-9,11H2. The van der Waals surface area contributed by atoms with E-state index in [0.29, 0.717) is 48.2 Å². The highest BCUT2D eigenvalue weighted by Gasteiger charge is 2.24. The first-order valence-corrected chi connectivity index (χ1v) is 8.58. The van der Waals surface area contributed by atoms with Gasteiger partial charge in [0.25, 0.3) is 0 Å². The van der Waals surface area contributed by atoms with Gasteiger partial charge in [0.2, 0.25) is 11.9 Å². The van der Waals surface area contributed by atoms with E-state index < -0.39 is 5.76 Å². The Labute approximate surface area is 153 Å². The third-order valence-corrected chi connectivity index (χ3v) is 4.63. The molecule has 1 amide bonds. The van der Waals surface area contributed by atoms with Gasteiger partial charge in [-0.25, -0.2) is 14.8 Å². The molecule has 0 radical (unpaired) electrons. The van der Waals surface area contributed by atoms with Crippen LogP contribution in [0.25, 0.3) is 11.1 Å². The monoisotopic (exact) mass is 373 g/mol. The second-order valence-electron chi connectivity index (χ2n) is 5.98. The Morgan fingerprint density at radius 2 is 1.88 bits per heavy atom. The molecular weight excluding hydrogens is 358 g/mol. The molecule has 0 saturated carbocycles. The van der Waals surface area contributed by atoms with Crippen LogP contribution in [-0.4, -0.2) is 51.5 Å². The first-order valence-electron chi connectivity index (χ1n) is 8.20. The van der Waals surface area contributed by atoms with Crippen LogP contribution in [0, 0.1) is 0 Å². The summed E-state index contributed by atoms with van der Waals surface area (Å²) >= 11 is 5.91. The molecule has 2 aromatic heterocycles. The van der Waals surface area contributed by atoms with Crippen molar-refractivity contribution in [1.29, 1.82) is 0 Å².